The molecule has 0 N–H and O–H groups in total. The van der Waals surface area contributed by atoms with Gasteiger partial charge in [0.2, 0.25) is 0 Å². The Hall–Kier alpha value is -1.05. The maximum Gasteiger partial charge on any atom is 0.176 e. The highest BCUT2D eigenvalue weighted by Gasteiger charge is 1.83. The molecule has 0 bridgehead atoms. The minimum atomic E-state index is 0.889. The molecule has 0 aliphatic rings. The van der Waals surface area contributed by atoms with Crippen LogP contribution >= 0.6 is 0 Å². The molecule has 1 aromatic heterocycles. The number of allylic oxidation sites excluding steroid dienone is 2. The molecule has 0 atom stereocenters. The summed E-state index contributed by atoms with van der Waals surface area (Å²) in [6.07, 6.45) is 13.2. The summed E-state index contributed by atoms with van der Waals surface area (Å²) in [6, 6.07) is 0. The minimum Gasteiger partial charge on any atom is -0.325 e. The Kier molecular flexibility index (Phi) is 3.45. The third kappa shape index (κ3) is 3.03. The molecular weight excluding hydrogens is 136 g/mol. The van der Waals surface area contributed by atoms with Crippen LogP contribution in [0.15, 0.2) is 24.5 Å². The lowest BCUT2D eigenvalue weighted by molar-refractivity contribution is 0.805. The first kappa shape index (κ1) is 8.05. The SMILES string of the molecule is CCCC=CCn1[c]ncc1. The molecule has 0 aliphatic carbocycles. The molecule has 2 nitrogen and oxygen atoms in total. The van der Waals surface area contributed by atoms with E-state index < -0.39 is 0 Å². The first-order valence-electron chi connectivity index (χ1n) is 3.97. The van der Waals surface area contributed by atoms with Crippen molar-refractivity contribution in [2.24, 2.45) is 0 Å². The number of imidazole rings is 1. The lowest BCUT2D eigenvalue weighted by atomic mass is 10.3. The molecular formula is C9H13N2. The van der Waals surface area contributed by atoms with Crippen LogP contribution in [0, 0.1) is 6.33 Å². The van der Waals surface area contributed by atoms with Crippen LogP contribution < -0.4 is 0 Å². The second-order valence-corrected chi connectivity index (χ2v) is 2.44. The molecule has 0 fully saturated rings. The Morgan fingerprint density at radius 3 is 3.09 bits per heavy atom. The summed E-state index contributed by atoms with van der Waals surface area (Å²) in [5.41, 5.74) is 0. The molecule has 1 radical (unpaired) electrons. The highest BCUT2D eigenvalue weighted by molar-refractivity contribution is 4.84. The van der Waals surface area contributed by atoms with Crippen molar-refractivity contribution in [2.75, 3.05) is 0 Å². The molecule has 0 aromatic carbocycles. The summed E-state index contributed by atoms with van der Waals surface area (Å²) < 4.78 is 1.92. The second-order valence-electron chi connectivity index (χ2n) is 2.44. The van der Waals surface area contributed by atoms with Crippen molar-refractivity contribution in [3.8, 4) is 0 Å². The van der Waals surface area contributed by atoms with Crippen molar-refractivity contribution in [3.63, 3.8) is 0 Å². The lowest BCUT2D eigenvalue weighted by Crippen LogP contribution is -1.89. The van der Waals surface area contributed by atoms with E-state index in [-0.39, 0.29) is 0 Å². The van der Waals surface area contributed by atoms with Gasteiger partial charge in [-0.25, -0.2) is 4.98 Å². The van der Waals surface area contributed by atoms with Crippen LogP contribution in [-0.2, 0) is 6.54 Å². The Labute approximate surface area is 67.6 Å². The number of hydrogen-bond acceptors (Lipinski definition) is 1. The van der Waals surface area contributed by atoms with E-state index in [1.165, 1.54) is 6.42 Å². The summed E-state index contributed by atoms with van der Waals surface area (Å²) in [4.78, 5) is 3.83. The Balaban J connectivity index is 2.23. The topological polar surface area (TPSA) is 17.8 Å². The van der Waals surface area contributed by atoms with E-state index in [0.29, 0.717) is 0 Å². The number of rotatable bonds is 4. The Morgan fingerprint density at radius 1 is 1.55 bits per heavy atom. The van der Waals surface area contributed by atoms with E-state index in [0.717, 1.165) is 13.0 Å². The fraction of sp³-hybridized carbons (Fsp3) is 0.444. The molecule has 0 unspecified atom stereocenters. The maximum atomic E-state index is 3.83. The molecule has 1 aromatic rings. The molecule has 0 spiro atoms. The van der Waals surface area contributed by atoms with E-state index in [2.05, 4.69) is 30.4 Å². The van der Waals surface area contributed by atoms with Crippen molar-refractivity contribution in [1.82, 2.24) is 9.55 Å². The van der Waals surface area contributed by atoms with Crippen molar-refractivity contribution in [2.45, 2.75) is 26.3 Å². The minimum absolute atomic E-state index is 0.889. The van der Waals surface area contributed by atoms with Crippen LogP contribution in [0.2, 0.25) is 0 Å². The number of hydrogen-bond donors (Lipinski definition) is 0. The van der Waals surface area contributed by atoms with Crippen molar-refractivity contribution in [1.29, 1.82) is 0 Å². The lowest BCUT2D eigenvalue weighted by Gasteiger charge is -1.92. The zero-order valence-electron chi connectivity index (χ0n) is 6.83. The van der Waals surface area contributed by atoms with E-state index in [1.54, 1.807) is 6.20 Å². The molecule has 0 amide bonds. The van der Waals surface area contributed by atoms with Gasteiger partial charge in [0.1, 0.15) is 0 Å². The molecule has 11 heavy (non-hydrogen) atoms. The van der Waals surface area contributed by atoms with E-state index >= 15 is 0 Å². The van der Waals surface area contributed by atoms with Crippen molar-refractivity contribution < 1.29 is 0 Å². The quantitative estimate of drug-likeness (QED) is 0.599. The van der Waals surface area contributed by atoms with Gasteiger partial charge in [0.05, 0.1) is 0 Å². The normalized spacial score (nSPS) is 11.0. The van der Waals surface area contributed by atoms with Gasteiger partial charge < -0.3 is 4.57 Å². The van der Waals surface area contributed by atoms with Gasteiger partial charge in [-0.15, -0.1) is 0 Å². The van der Waals surface area contributed by atoms with Gasteiger partial charge in [0.15, 0.2) is 6.33 Å². The fourth-order valence-electron chi connectivity index (χ4n) is 0.829. The molecule has 0 saturated heterocycles. The average molecular weight is 149 g/mol. The second kappa shape index (κ2) is 4.72. The largest absolute Gasteiger partial charge is 0.325 e. The van der Waals surface area contributed by atoms with E-state index in [9.17, 15) is 0 Å². The van der Waals surface area contributed by atoms with E-state index in [1.807, 2.05) is 10.8 Å². The van der Waals surface area contributed by atoms with Crippen LogP contribution in [-0.4, -0.2) is 9.55 Å². The van der Waals surface area contributed by atoms with Crippen LogP contribution in [0.3, 0.4) is 0 Å². The van der Waals surface area contributed by atoms with Gasteiger partial charge in [-0.1, -0.05) is 25.5 Å². The Morgan fingerprint density at radius 2 is 2.45 bits per heavy atom. The predicted molar refractivity (Wildman–Crippen MR) is 45.1 cm³/mol. The number of unbranched alkanes of at least 4 members (excludes halogenated alkanes) is 1. The first-order valence-corrected chi connectivity index (χ1v) is 3.97. The monoisotopic (exact) mass is 149 g/mol. The molecule has 59 valence electrons. The summed E-state index contributed by atoms with van der Waals surface area (Å²) in [7, 11) is 0. The number of nitrogens with zero attached hydrogens (tertiary/aromatic N) is 2. The predicted octanol–water partition coefficient (Wildman–Crippen LogP) is 2.04. The van der Waals surface area contributed by atoms with Gasteiger partial charge in [-0.3, -0.25) is 0 Å². The molecule has 0 aliphatic heterocycles. The average Bonchev–Trinajstić information content (AvgIpc) is 2.50. The standard InChI is InChI=1S/C9H13N2/c1-2-3-4-5-7-11-8-6-10-9-11/h4-6,8H,2-3,7H2,1H3. The maximum absolute atomic E-state index is 3.83. The third-order valence-electron chi connectivity index (χ3n) is 1.43. The van der Waals surface area contributed by atoms with Gasteiger partial charge in [-0.05, 0) is 6.42 Å². The van der Waals surface area contributed by atoms with Gasteiger partial charge in [-0.2, -0.15) is 0 Å². The van der Waals surface area contributed by atoms with Crippen LogP contribution in [0.1, 0.15) is 19.8 Å². The third-order valence-corrected chi connectivity index (χ3v) is 1.43. The van der Waals surface area contributed by atoms with Gasteiger partial charge in [0.25, 0.3) is 0 Å². The van der Waals surface area contributed by atoms with Crippen LogP contribution in [0.5, 0.6) is 0 Å². The molecule has 0 saturated carbocycles. The van der Waals surface area contributed by atoms with E-state index in [4.69, 9.17) is 0 Å². The van der Waals surface area contributed by atoms with Crippen LogP contribution in [0.25, 0.3) is 0 Å². The molecule has 1 heterocycles. The molecule has 2 heteroatoms. The highest BCUT2D eigenvalue weighted by atomic mass is 15.0. The molecule has 1 rings (SSSR count). The van der Waals surface area contributed by atoms with Gasteiger partial charge in [0, 0.05) is 18.9 Å². The zero-order valence-corrected chi connectivity index (χ0v) is 6.83. The summed E-state index contributed by atoms with van der Waals surface area (Å²) in [5, 5.41) is 0. The summed E-state index contributed by atoms with van der Waals surface area (Å²) in [6.45, 7) is 3.06. The fourth-order valence-corrected chi connectivity index (χ4v) is 0.829. The van der Waals surface area contributed by atoms with Crippen LogP contribution in [0.4, 0.5) is 0 Å². The Bertz CT molecular complexity index is 199. The number of aromatic nitrogens is 2. The summed E-state index contributed by atoms with van der Waals surface area (Å²) in [5.74, 6) is 0. The van der Waals surface area contributed by atoms with Gasteiger partial charge >= 0.3 is 0 Å². The highest BCUT2D eigenvalue weighted by Crippen LogP contribution is 1.90. The summed E-state index contributed by atoms with van der Waals surface area (Å²) >= 11 is 0. The zero-order chi connectivity index (χ0) is 7.94. The van der Waals surface area contributed by atoms with Crippen molar-refractivity contribution in [3.05, 3.63) is 30.9 Å². The van der Waals surface area contributed by atoms with Crippen molar-refractivity contribution >= 4 is 0 Å². The smallest absolute Gasteiger partial charge is 0.176 e. The first-order chi connectivity index (χ1) is 5.43.